The van der Waals surface area contributed by atoms with Crippen molar-refractivity contribution in [3.63, 3.8) is 0 Å². The summed E-state index contributed by atoms with van der Waals surface area (Å²) >= 11 is 0. The summed E-state index contributed by atoms with van der Waals surface area (Å²) in [7, 11) is 1.67. The van der Waals surface area contributed by atoms with Gasteiger partial charge in [0.2, 0.25) is 5.91 Å². The van der Waals surface area contributed by atoms with Crippen molar-refractivity contribution in [1.82, 2.24) is 4.90 Å². The third-order valence-electron chi connectivity index (χ3n) is 4.06. The highest BCUT2D eigenvalue weighted by molar-refractivity contribution is 5.97. The highest BCUT2D eigenvalue weighted by Crippen LogP contribution is 2.23. The molecule has 0 aromatic heterocycles. The molecule has 0 bridgehead atoms. The van der Waals surface area contributed by atoms with Crippen LogP contribution in [0.3, 0.4) is 0 Å². The molecule has 1 atom stereocenters. The number of halogens is 1. The van der Waals surface area contributed by atoms with Crippen LogP contribution in [0.2, 0.25) is 0 Å². The van der Waals surface area contributed by atoms with Gasteiger partial charge in [-0.15, -0.1) is 0 Å². The molecule has 0 aliphatic carbocycles. The standard InChI is InChI=1S/C19H20FNO3/c1-13(15-4-3-5-17(22)12-15)21(2)19(24)11-10-18(23)14-6-8-16(20)9-7-14/h3-9,12-13,22H,10-11H2,1-2H3/t13-/m0/s1. The number of aromatic hydroxyl groups is 1. The van der Waals surface area contributed by atoms with E-state index in [9.17, 15) is 19.1 Å². The van der Waals surface area contributed by atoms with Gasteiger partial charge < -0.3 is 10.0 Å². The number of benzene rings is 2. The van der Waals surface area contributed by atoms with E-state index in [1.165, 1.54) is 24.3 Å². The zero-order chi connectivity index (χ0) is 17.7. The smallest absolute Gasteiger partial charge is 0.223 e. The van der Waals surface area contributed by atoms with E-state index in [-0.39, 0.29) is 36.3 Å². The first-order chi connectivity index (χ1) is 11.4. The van der Waals surface area contributed by atoms with E-state index in [1.807, 2.05) is 13.0 Å². The van der Waals surface area contributed by atoms with Crippen molar-refractivity contribution in [2.45, 2.75) is 25.8 Å². The lowest BCUT2D eigenvalue weighted by atomic mass is 10.0. The Hall–Kier alpha value is -2.69. The highest BCUT2D eigenvalue weighted by atomic mass is 19.1. The SMILES string of the molecule is C[C@@H](c1cccc(O)c1)N(C)C(=O)CCC(=O)c1ccc(F)cc1. The Morgan fingerprint density at radius 2 is 1.79 bits per heavy atom. The fourth-order valence-electron chi connectivity index (χ4n) is 2.40. The van der Waals surface area contributed by atoms with Crippen LogP contribution in [-0.2, 0) is 4.79 Å². The molecule has 0 aliphatic heterocycles. The van der Waals surface area contributed by atoms with E-state index in [0.717, 1.165) is 5.56 Å². The Kier molecular flexibility index (Phi) is 5.68. The first-order valence-corrected chi connectivity index (χ1v) is 7.72. The number of hydrogen-bond acceptors (Lipinski definition) is 3. The fourth-order valence-corrected chi connectivity index (χ4v) is 2.40. The van der Waals surface area contributed by atoms with Gasteiger partial charge in [-0.1, -0.05) is 12.1 Å². The second kappa shape index (κ2) is 7.73. The van der Waals surface area contributed by atoms with Crippen LogP contribution >= 0.6 is 0 Å². The molecule has 0 spiro atoms. The topological polar surface area (TPSA) is 57.6 Å². The van der Waals surface area contributed by atoms with Gasteiger partial charge in [0.1, 0.15) is 11.6 Å². The van der Waals surface area contributed by atoms with Crippen LogP contribution in [0.15, 0.2) is 48.5 Å². The summed E-state index contributed by atoms with van der Waals surface area (Å²) in [6, 6.07) is 11.8. The first-order valence-electron chi connectivity index (χ1n) is 7.72. The van der Waals surface area contributed by atoms with E-state index in [4.69, 9.17) is 0 Å². The molecule has 0 unspecified atom stereocenters. The second-order valence-electron chi connectivity index (χ2n) is 5.71. The van der Waals surface area contributed by atoms with Crippen LogP contribution in [0.5, 0.6) is 5.75 Å². The largest absolute Gasteiger partial charge is 0.508 e. The molecular weight excluding hydrogens is 309 g/mol. The Balaban J connectivity index is 1.93. The normalized spacial score (nSPS) is 11.8. The Morgan fingerprint density at radius 3 is 2.42 bits per heavy atom. The number of phenolic OH excluding ortho intramolecular Hbond substituents is 1. The minimum atomic E-state index is -0.401. The van der Waals surface area contributed by atoms with E-state index >= 15 is 0 Å². The zero-order valence-corrected chi connectivity index (χ0v) is 13.7. The van der Waals surface area contributed by atoms with Crippen molar-refractivity contribution >= 4 is 11.7 Å². The van der Waals surface area contributed by atoms with Crippen molar-refractivity contribution in [3.05, 3.63) is 65.5 Å². The van der Waals surface area contributed by atoms with Crippen molar-refractivity contribution < 1.29 is 19.1 Å². The number of nitrogens with zero attached hydrogens (tertiary/aromatic N) is 1. The van der Waals surface area contributed by atoms with Gasteiger partial charge in [-0.25, -0.2) is 4.39 Å². The van der Waals surface area contributed by atoms with Gasteiger partial charge in [-0.05, 0) is 48.9 Å². The van der Waals surface area contributed by atoms with Gasteiger partial charge in [0.25, 0.3) is 0 Å². The minimum Gasteiger partial charge on any atom is -0.508 e. The van der Waals surface area contributed by atoms with Crippen LogP contribution < -0.4 is 0 Å². The maximum atomic E-state index is 12.9. The summed E-state index contributed by atoms with van der Waals surface area (Å²) in [6.45, 7) is 1.86. The molecule has 0 fully saturated rings. The molecular formula is C19H20FNO3. The molecule has 24 heavy (non-hydrogen) atoms. The zero-order valence-electron chi connectivity index (χ0n) is 13.7. The molecule has 2 aromatic carbocycles. The van der Waals surface area contributed by atoms with E-state index in [1.54, 1.807) is 30.1 Å². The predicted octanol–water partition coefficient (Wildman–Crippen LogP) is 3.71. The van der Waals surface area contributed by atoms with E-state index in [2.05, 4.69) is 0 Å². The van der Waals surface area contributed by atoms with Crippen LogP contribution in [0.4, 0.5) is 4.39 Å². The van der Waals surface area contributed by atoms with Crippen molar-refractivity contribution in [2.24, 2.45) is 0 Å². The highest BCUT2D eigenvalue weighted by Gasteiger charge is 2.19. The molecule has 0 heterocycles. The maximum absolute atomic E-state index is 12.9. The van der Waals surface area contributed by atoms with Crippen LogP contribution in [0.1, 0.15) is 41.7 Å². The van der Waals surface area contributed by atoms with Crippen molar-refractivity contribution in [2.75, 3.05) is 7.05 Å². The molecule has 126 valence electrons. The molecule has 0 radical (unpaired) electrons. The quantitative estimate of drug-likeness (QED) is 0.822. The average Bonchev–Trinajstić information content (AvgIpc) is 2.58. The lowest BCUT2D eigenvalue weighted by Gasteiger charge is -2.25. The number of rotatable bonds is 6. The summed E-state index contributed by atoms with van der Waals surface area (Å²) in [5, 5.41) is 9.53. The lowest BCUT2D eigenvalue weighted by Crippen LogP contribution is -2.29. The summed E-state index contributed by atoms with van der Waals surface area (Å²) in [4.78, 5) is 25.9. The Morgan fingerprint density at radius 1 is 1.12 bits per heavy atom. The number of phenols is 1. The number of ketones is 1. The molecule has 2 aromatic rings. The summed E-state index contributed by atoms with van der Waals surface area (Å²) < 4.78 is 12.9. The summed E-state index contributed by atoms with van der Waals surface area (Å²) in [5.41, 5.74) is 1.21. The number of Topliss-reactive ketones (excluding diaryl/α,β-unsaturated/α-hetero) is 1. The van der Waals surface area contributed by atoms with Crippen LogP contribution in [-0.4, -0.2) is 28.7 Å². The molecule has 0 aliphatic rings. The molecule has 0 saturated heterocycles. The third-order valence-corrected chi connectivity index (χ3v) is 4.06. The summed E-state index contributed by atoms with van der Waals surface area (Å²) in [6.07, 6.45) is 0.150. The van der Waals surface area contributed by atoms with Crippen molar-refractivity contribution in [3.8, 4) is 5.75 Å². The molecule has 5 heteroatoms. The Bertz CT molecular complexity index is 728. The van der Waals surface area contributed by atoms with Gasteiger partial charge in [0.05, 0.1) is 6.04 Å². The monoisotopic (exact) mass is 329 g/mol. The molecule has 0 saturated carbocycles. The Labute approximate surface area is 140 Å². The van der Waals surface area contributed by atoms with Gasteiger partial charge in [-0.3, -0.25) is 9.59 Å². The maximum Gasteiger partial charge on any atom is 0.223 e. The molecule has 1 amide bonds. The van der Waals surface area contributed by atoms with Crippen LogP contribution in [0, 0.1) is 5.82 Å². The molecule has 1 N–H and O–H groups in total. The van der Waals surface area contributed by atoms with Gasteiger partial charge in [0.15, 0.2) is 5.78 Å². The van der Waals surface area contributed by atoms with Crippen molar-refractivity contribution in [1.29, 1.82) is 0 Å². The molecule has 4 nitrogen and oxygen atoms in total. The number of carbonyl (C=O) groups excluding carboxylic acids is 2. The minimum absolute atomic E-state index is 0.0710. The number of hydrogen-bond donors (Lipinski definition) is 1. The van der Waals surface area contributed by atoms with Crippen LogP contribution in [0.25, 0.3) is 0 Å². The lowest BCUT2D eigenvalue weighted by molar-refractivity contribution is -0.131. The van der Waals surface area contributed by atoms with E-state index < -0.39 is 5.82 Å². The number of amides is 1. The fraction of sp³-hybridized carbons (Fsp3) is 0.263. The number of carbonyl (C=O) groups is 2. The third kappa shape index (κ3) is 4.41. The molecule has 2 rings (SSSR count). The van der Waals surface area contributed by atoms with Gasteiger partial charge in [0, 0.05) is 25.5 Å². The van der Waals surface area contributed by atoms with Gasteiger partial charge >= 0.3 is 0 Å². The summed E-state index contributed by atoms with van der Waals surface area (Å²) in [5.74, 6) is -0.614. The second-order valence-corrected chi connectivity index (χ2v) is 5.71. The van der Waals surface area contributed by atoms with E-state index in [0.29, 0.717) is 5.56 Å². The average molecular weight is 329 g/mol. The van der Waals surface area contributed by atoms with Gasteiger partial charge in [-0.2, -0.15) is 0 Å². The first kappa shape index (κ1) is 17.7. The predicted molar refractivity (Wildman–Crippen MR) is 89.3 cm³/mol.